The number of hydrogen-bond donors (Lipinski definition) is 4. The lowest BCUT2D eigenvalue weighted by atomic mass is 10.2. The Morgan fingerprint density at radius 3 is 0.595 bits per heavy atom. The van der Waals surface area contributed by atoms with Crippen molar-refractivity contribution in [1.29, 1.82) is 0 Å². The van der Waals surface area contributed by atoms with E-state index in [0.29, 0.717) is 26.4 Å². The summed E-state index contributed by atoms with van der Waals surface area (Å²) in [6.45, 7) is 70.4. The summed E-state index contributed by atoms with van der Waals surface area (Å²) in [5, 5.41) is -1.05. The summed E-state index contributed by atoms with van der Waals surface area (Å²) in [6, 6.07) is 0. The van der Waals surface area contributed by atoms with Gasteiger partial charge in [-0.15, -0.1) is 0 Å². The molecule has 0 spiro atoms. The van der Waals surface area contributed by atoms with Crippen LogP contribution < -0.4 is 22.9 Å². The molecule has 116 heavy (non-hydrogen) atoms. The molecule has 8 amide bonds. The summed E-state index contributed by atoms with van der Waals surface area (Å²) >= 11 is 4.91. The molecule has 0 aliphatic rings. The summed E-state index contributed by atoms with van der Waals surface area (Å²) in [6.07, 6.45) is 11.1. The topological polar surface area (TPSA) is 291 Å². The summed E-state index contributed by atoms with van der Waals surface area (Å²) in [7, 11) is 26.0. The van der Waals surface area contributed by atoms with Gasteiger partial charge in [-0.1, -0.05) is 115 Å². The molecule has 0 rings (SSSR count). The molecule has 2 atom stereocenters. The highest BCUT2D eigenvalue weighted by molar-refractivity contribution is 8.14. The molecule has 8 N–H and O–H groups in total. The van der Waals surface area contributed by atoms with E-state index in [9.17, 15) is 38.4 Å². The SMILES string of the molecule is CCCC[N+](CC)(CCC)CCOC(=O)N(C)C.CCCC[N+](CC)(CCC)CCSC(N)=O.CCC[N+](CC)(CCC)CCOC(=O)N(C)C.CCC[N+](CC)(CCC)CCSC(N)=O.CC[N+](CC)(CC)CCOC(=O)N(C)C.CC[N+](CC)(CC)CCSC(N)=O.CN(C)C(=O)OCC[N+](C)(C)C.C[N+](C)(C)CCSC(N)=O. The van der Waals surface area contributed by atoms with Crippen LogP contribution in [0.3, 0.4) is 0 Å². The minimum absolute atomic E-state index is 0.240. The lowest BCUT2D eigenvalue weighted by molar-refractivity contribution is -0.927. The van der Waals surface area contributed by atoms with E-state index in [0.717, 1.165) is 177 Å². The van der Waals surface area contributed by atoms with Crippen LogP contribution in [0.25, 0.3) is 0 Å². The molecule has 0 saturated carbocycles. The second-order valence-electron chi connectivity index (χ2n) is 32.8. The zero-order valence-electron chi connectivity index (χ0n) is 81.3. The number of unbranched alkanes of at least 4 members (excludes halogenated alkanes) is 2. The Bertz CT molecular complexity index is 2380. The third kappa shape index (κ3) is 75.0. The van der Waals surface area contributed by atoms with Gasteiger partial charge < -0.3 is 97.3 Å². The summed E-state index contributed by atoms with van der Waals surface area (Å²) in [4.78, 5) is 92.8. The van der Waals surface area contributed by atoms with E-state index >= 15 is 0 Å². The molecule has 0 aromatic rings. The first-order valence-electron chi connectivity index (χ1n) is 43.8. The number of ether oxygens (including phenoxy) is 4. The van der Waals surface area contributed by atoms with Crippen LogP contribution in [0.15, 0.2) is 0 Å². The number of quaternary nitrogens is 8. The minimum Gasteiger partial charge on any atom is -0.443 e. The Kier molecular flexibility index (Phi) is 84.8. The Morgan fingerprint density at radius 1 is 0.233 bits per heavy atom. The van der Waals surface area contributed by atoms with Crippen molar-refractivity contribution in [2.75, 3.05) is 318 Å². The van der Waals surface area contributed by atoms with Gasteiger partial charge in [-0.25, -0.2) is 19.2 Å². The van der Waals surface area contributed by atoms with E-state index in [-0.39, 0.29) is 45.3 Å². The second-order valence-corrected chi connectivity index (χ2v) is 37.2. The number of carbonyl (C=O) groups excluding carboxylic acids is 8. The molecule has 0 bridgehead atoms. The summed E-state index contributed by atoms with van der Waals surface area (Å²) in [5.41, 5.74) is 20.3. The molecule has 0 heterocycles. The summed E-state index contributed by atoms with van der Waals surface area (Å²) in [5.74, 6) is 3.35. The van der Waals surface area contributed by atoms with Gasteiger partial charge in [0.2, 0.25) is 0 Å². The van der Waals surface area contributed by atoms with Gasteiger partial charge in [0, 0.05) is 56.4 Å². The zero-order valence-corrected chi connectivity index (χ0v) is 84.6. The molecule has 0 aliphatic carbocycles. The molecule has 0 aliphatic heterocycles. The van der Waals surface area contributed by atoms with E-state index < -0.39 is 0 Å². The predicted molar refractivity (Wildman–Crippen MR) is 501 cm³/mol. The highest BCUT2D eigenvalue weighted by atomic mass is 32.2. The van der Waals surface area contributed by atoms with Gasteiger partial charge >= 0.3 is 24.4 Å². The Hall–Kier alpha value is -3.96. The zero-order chi connectivity index (χ0) is 91.7. The lowest BCUT2D eigenvalue weighted by Crippen LogP contribution is -2.51. The first-order chi connectivity index (χ1) is 54.1. The van der Waals surface area contributed by atoms with Gasteiger partial charge in [0.05, 0.1) is 209 Å². The molecule has 0 aromatic heterocycles. The maximum absolute atomic E-state index is 11.4. The van der Waals surface area contributed by atoms with Crippen LogP contribution in [-0.4, -0.2) is 419 Å². The number of rotatable bonds is 52. The van der Waals surface area contributed by atoms with Gasteiger partial charge in [-0.3, -0.25) is 19.2 Å². The van der Waals surface area contributed by atoms with Crippen molar-refractivity contribution >= 4 is 92.4 Å². The third-order valence-corrected chi connectivity index (χ3v) is 23.8. The Balaban J connectivity index is -0.000000193. The number of likely N-dealkylation sites (N-methyl/N-ethyl adjacent to an activating group) is 4. The summed E-state index contributed by atoms with van der Waals surface area (Å²) < 4.78 is 28.8. The number of amides is 8. The van der Waals surface area contributed by atoms with Gasteiger partial charge in [0.25, 0.3) is 21.0 Å². The standard InChI is InChI=1S/C14H31N2O2.C13H29N2O2.C12H26N2OS.C11H25N2O2.C11H24N2OS.C9H20N2OS.C8H19N2O2.C6H14N2OS/c1-6-9-11-16(8-3,10-7-2)12-13-18-14(17)15(4)5;1-6-9-15(8-3,10-7-2)11-12-17-13(16)14(4)5;1-4-7-9-14(6-3,8-5-2)10-11-16-12(13)15;1-6-13(7-2,8-3)9-10-15-11(14)12(4)5;1-4-7-13(6-3,8-5-2)9-10-15-11(12)14;1-4-11(5-2,6-3)7-8-13-9(10)12;1-9(2)8(11)12-7-6-10(3,4)5;1-8(2,3)4-5-10-6(7)9/h6-13H2,1-5H3;6-12H2,1-5H3;4-11H2,1-3H3,(H-,13,15);6-10H2,1-5H3;4-10H2,1-3H3,(H-,12,14);4-8H2,1-3H3,(H-,10,12);6-7H2,1-5H3;4-5H2,1-3H3,(H-,7,9)/q2*+1;;+1;;;+1;/p+4. The molecule has 0 saturated heterocycles. The quantitative estimate of drug-likeness (QED) is 0.0325. The molecule has 0 aromatic carbocycles. The molecule has 28 nitrogen and oxygen atoms in total. The third-order valence-electron chi connectivity index (χ3n) is 21.1. The van der Waals surface area contributed by atoms with Crippen LogP contribution in [0.1, 0.15) is 189 Å². The number of hydrogen-bond acceptors (Lipinski definition) is 16. The van der Waals surface area contributed by atoms with E-state index in [1.807, 2.05) is 0 Å². The fourth-order valence-corrected chi connectivity index (χ4v) is 15.6. The average molecular weight is 1750 g/mol. The fourth-order valence-electron chi connectivity index (χ4n) is 12.7. The highest BCUT2D eigenvalue weighted by Crippen LogP contribution is 2.17. The number of nitrogens with two attached hydrogens (primary N) is 4. The Morgan fingerprint density at radius 2 is 0.405 bits per heavy atom. The van der Waals surface area contributed by atoms with Crippen LogP contribution in [0.4, 0.5) is 38.4 Å². The maximum Gasteiger partial charge on any atom is 0.409 e. The molecular formula is C84H192N16O12S4+8. The van der Waals surface area contributed by atoms with Gasteiger partial charge in [0.1, 0.15) is 52.6 Å². The van der Waals surface area contributed by atoms with Gasteiger partial charge in [-0.05, 0) is 121 Å². The van der Waals surface area contributed by atoms with Crippen LogP contribution in [0.5, 0.6) is 0 Å². The number of nitrogens with zero attached hydrogens (tertiary/aromatic N) is 12. The van der Waals surface area contributed by atoms with Crippen molar-refractivity contribution in [3.05, 3.63) is 0 Å². The van der Waals surface area contributed by atoms with E-state index in [1.54, 1.807) is 56.4 Å². The smallest absolute Gasteiger partial charge is 0.409 e. The minimum atomic E-state index is -0.284. The lowest BCUT2D eigenvalue weighted by Gasteiger charge is -2.37. The molecular weight excluding hydrogens is 1550 g/mol. The van der Waals surface area contributed by atoms with E-state index in [2.05, 4.69) is 167 Å². The monoisotopic (exact) mass is 1750 g/mol. The largest absolute Gasteiger partial charge is 0.443 e. The predicted octanol–water partition coefficient (Wildman–Crippen LogP) is 14.5. The van der Waals surface area contributed by atoms with Crippen molar-refractivity contribution in [1.82, 2.24) is 19.6 Å². The van der Waals surface area contributed by atoms with Crippen LogP contribution in [0, 0.1) is 0 Å². The molecule has 696 valence electrons. The second kappa shape index (κ2) is 77.1. The van der Waals surface area contributed by atoms with Crippen LogP contribution in [-0.2, 0) is 18.9 Å². The molecule has 32 heteroatoms. The van der Waals surface area contributed by atoms with Crippen molar-refractivity contribution in [3.8, 4) is 0 Å². The van der Waals surface area contributed by atoms with E-state index in [4.69, 9.17) is 41.9 Å². The number of carbonyl (C=O) groups is 8. The maximum atomic E-state index is 11.4. The normalized spacial score (nSPS) is 12.3. The first kappa shape index (κ1) is 128. The van der Waals surface area contributed by atoms with Gasteiger partial charge in [0.15, 0.2) is 0 Å². The molecule has 0 fully saturated rings. The highest BCUT2D eigenvalue weighted by Gasteiger charge is 2.29. The van der Waals surface area contributed by atoms with Crippen LogP contribution >= 0.6 is 47.0 Å². The van der Waals surface area contributed by atoms with Crippen molar-refractivity contribution in [3.63, 3.8) is 0 Å². The number of thioether (sulfide) groups is 4. The van der Waals surface area contributed by atoms with Crippen LogP contribution in [0.2, 0.25) is 0 Å². The molecule has 2 unspecified atom stereocenters. The van der Waals surface area contributed by atoms with E-state index in [1.165, 1.54) is 183 Å². The first-order valence-corrected chi connectivity index (χ1v) is 47.8. The van der Waals surface area contributed by atoms with Gasteiger partial charge in [-0.2, -0.15) is 0 Å². The fraction of sp³-hybridized carbons (Fsp3) is 0.905. The van der Waals surface area contributed by atoms with Crippen molar-refractivity contribution in [2.45, 2.75) is 189 Å². The number of primary amides is 4. The Labute approximate surface area is 730 Å². The van der Waals surface area contributed by atoms with Crippen molar-refractivity contribution in [2.24, 2.45) is 22.9 Å². The van der Waals surface area contributed by atoms with Crippen molar-refractivity contribution < 1.29 is 93.2 Å². The average Bonchev–Trinajstić information content (AvgIpc) is 0.885. The molecule has 0 radical (unpaired) electrons.